The molecule has 0 aliphatic heterocycles. The number of hydrogen-bond donors (Lipinski definition) is 0. The van der Waals surface area contributed by atoms with Gasteiger partial charge in [0.1, 0.15) is 5.76 Å². The fourth-order valence-electron chi connectivity index (χ4n) is 1.11. The van der Waals surface area contributed by atoms with Crippen LogP contribution >= 0.6 is 0 Å². The minimum Gasteiger partial charge on any atom is -0.544 e. The molecule has 0 radical (unpaired) electrons. The van der Waals surface area contributed by atoms with Crippen molar-refractivity contribution in [3.8, 4) is 0 Å². The highest BCUT2D eigenvalue weighted by Gasteiger charge is 2.18. The van der Waals surface area contributed by atoms with Crippen LogP contribution in [0.3, 0.4) is 0 Å². The van der Waals surface area contributed by atoms with Crippen LogP contribution in [0.5, 0.6) is 0 Å². The third-order valence-corrected chi connectivity index (χ3v) is 2.43. The number of ether oxygens (including phenoxy) is 1. The van der Waals surface area contributed by atoms with Crippen molar-refractivity contribution in [2.75, 3.05) is 7.11 Å². The van der Waals surface area contributed by atoms with Crippen LogP contribution in [0, 0.1) is 0 Å². The Labute approximate surface area is 88.7 Å². The maximum absolute atomic E-state index is 5.80. The van der Waals surface area contributed by atoms with Gasteiger partial charge >= 0.3 is 0 Å². The first kappa shape index (κ1) is 13.3. The highest BCUT2D eigenvalue weighted by molar-refractivity contribution is 6.70. The van der Waals surface area contributed by atoms with Crippen LogP contribution < -0.4 is 0 Å². The fourth-order valence-corrected chi connectivity index (χ4v) is 1.98. The van der Waals surface area contributed by atoms with E-state index in [0.29, 0.717) is 0 Å². The number of methoxy groups -OCH3 is 1. The molecule has 0 rings (SSSR count). The Hall–Kier alpha value is -0.703. The molecule has 0 amide bonds. The maximum atomic E-state index is 5.80. The van der Waals surface area contributed by atoms with Gasteiger partial charge in [0, 0.05) is 5.57 Å². The second kappa shape index (κ2) is 5.91. The van der Waals surface area contributed by atoms with Gasteiger partial charge in [-0.15, -0.1) is 0 Å². The van der Waals surface area contributed by atoms with E-state index in [1.165, 1.54) is 0 Å². The molecule has 0 aliphatic rings. The topological polar surface area (TPSA) is 18.5 Å². The van der Waals surface area contributed by atoms with Crippen molar-refractivity contribution in [2.45, 2.75) is 39.4 Å². The molecule has 3 heteroatoms. The monoisotopic (exact) mass is 214 g/mol. The first-order valence-corrected chi connectivity index (χ1v) is 8.41. The van der Waals surface area contributed by atoms with Crippen molar-refractivity contribution in [3.63, 3.8) is 0 Å². The van der Waals surface area contributed by atoms with Gasteiger partial charge in [-0.3, -0.25) is 0 Å². The van der Waals surface area contributed by atoms with Crippen molar-refractivity contribution in [3.05, 3.63) is 24.2 Å². The summed E-state index contributed by atoms with van der Waals surface area (Å²) in [5.74, 6) is 0.771. The lowest BCUT2D eigenvalue weighted by Crippen LogP contribution is -2.25. The molecule has 2 nitrogen and oxygen atoms in total. The highest BCUT2D eigenvalue weighted by atomic mass is 28.4. The molecule has 0 aromatic heterocycles. The van der Waals surface area contributed by atoms with Crippen LogP contribution in [0.25, 0.3) is 0 Å². The van der Waals surface area contributed by atoms with Gasteiger partial charge in [-0.05, 0) is 26.1 Å². The summed E-state index contributed by atoms with van der Waals surface area (Å²) < 4.78 is 10.8. The molecule has 0 fully saturated rings. The van der Waals surface area contributed by atoms with Gasteiger partial charge < -0.3 is 9.16 Å². The lowest BCUT2D eigenvalue weighted by Gasteiger charge is -2.22. The summed E-state index contributed by atoms with van der Waals surface area (Å²) in [6, 6.07) is 0. The standard InChI is InChI=1S/C11H22O2Si/c1-7-8-11(9-12-3)10(2)13-14(4,5)6/h9H,2,7-8H2,1,3-6H3. The van der Waals surface area contributed by atoms with E-state index in [1.54, 1.807) is 13.4 Å². The van der Waals surface area contributed by atoms with Gasteiger partial charge in [0.2, 0.25) is 8.32 Å². The van der Waals surface area contributed by atoms with E-state index < -0.39 is 8.32 Å². The average Bonchev–Trinajstić information content (AvgIpc) is 2.01. The van der Waals surface area contributed by atoms with Crippen LogP contribution in [0.2, 0.25) is 19.6 Å². The van der Waals surface area contributed by atoms with Gasteiger partial charge in [0.05, 0.1) is 13.4 Å². The van der Waals surface area contributed by atoms with E-state index >= 15 is 0 Å². The van der Waals surface area contributed by atoms with Crippen molar-refractivity contribution in [1.82, 2.24) is 0 Å². The van der Waals surface area contributed by atoms with Crippen LogP contribution in [0.15, 0.2) is 24.2 Å². The molecule has 0 spiro atoms. The zero-order valence-electron chi connectivity index (χ0n) is 10.0. The number of rotatable bonds is 6. The minimum atomic E-state index is -1.54. The number of hydrogen-bond acceptors (Lipinski definition) is 2. The van der Waals surface area contributed by atoms with Crippen molar-refractivity contribution < 1.29 is 9.16 Å². The smallest absolute Gasteiger partial charge is 0.242 e. The first-order chi connectivity index (χ1) is 6.40. The molecule has 0 saturated carbocycles. The molecular weight excluding hydrogens is 192 g/mol. The normalized spacial score (nSPS) is 12.5. The summed E-state index contributed by atoms with van der Waals surface area (Å²) in [5.41, 5.74) is 1.07. The predicted molar refractivity (Wildman–Crippen MR) is 63.6 cm³/mol. The molecule has 0 atom stereocenters. The third-order valence-electron chi connectivity index (χ3n) is 1.57. The Morgan fingerprint density at radius 3 is 2.29 bits per heavy atom. The molecule has 0 aromatic rings. The van der Waals surface area contributed by atoms with Crippen molar-refractivity contribution >= 4 is 8.32 Å². The third kappa shape index (κ3) is 5.86. The van der Waals surface area contributed by atoms with E-state index in [9.17, 15) is 0 Å². The van der Waals surface area contributed by atoms with Crippen molar-refractivity contribution in [2.24, 2.45) is 0 Å². The maximum Gasteiger partial charge on any atom is 0.242 e. The van der Waals surface area contributed by atoms with Gasteiger partial charge in [0.15, 0.2) is 0 Å². The van der Waals surface area contributed by atoms with Crippen LogP contribution in [-0.2, 0) is 9.16 Å². The Balaban J connectivity index is 4.38. The minimum absolute atomic E-state index is 0.771. The number of allylic oxidation sites excluding steroid dienone is 1. The van der Waals surface area contributed by atoms with Crippen LogP contribution in [0.1, 0.15) is 19.8 Å². The lowest BCUT2D eigenvalue weighted by atomic mass is 10.1. The SMILES string of the molecule is C=C(O[Si](C)(C)C)C(=COC)CCC. The Bertz CT molecular complexity index is 214. The molecular formula is C11H22O2Si. The van der Waals surface area contributed by atoms with Crippen LogP contribution in [-0.4, -0.2) is 15.4 Å². The summed E-state index contributed by atoms with van der Waals surface area (Å²) in [4.78, 5) is 0. The molecule has 0 N–H and O–H groups in total. The van der Waals surface area contributed by atoms with E-state index in [0.717, 1.165) is 24.2 Å². The molecule has 0 aliphatic carbocycles. The van der Waals surface area contributed by atoms with E-state index in [-0.39, 0.29) is 0 Å². The Kier molecular flexibility index (Phi) is 5.61. The second-order valence-electron chi connectivity index (χ2n) is 4.27. The van der Waals surface area contributed by atoms with Crippen molar-refractivity contribution in [1.29, 1.82) is 0 Å². The lowest BCUT2D eigenvalue weighted by molar-refractivity contribution is 0.327. The zero-order valence-corrected chi connectivity index (χ0v) is 11.0. The van der Waals surface area contributed by atoms with Gasteiger partial charge in [-0.25, -0.2) is 0 Å². The largest absolute Gasteiger partial charge is 0.544 e. The van der Waals surface area contributed by atoms with Gasteiger partial charge in [-0.1, -0.05) is 19.9 Å². The molecule has 0 heterocycles. The quantitative estimate of drug-likeness (QED) is 0.381. The first-order valence-electron chi connectivity index (χ1n) is 5.01. The fraction of sp³-hybridized carbons (Fsp3) is 0.636. The summed E-state index contributed by atoms with van der Waals surface area (Å²) in [6.45, 7) is 12.5. The summed E-state index contributed by atoms with van der Waals surface area (Å²) in [7, 11) is 0.113. The van der Waals surface area contributed by atoms with E-state index in [2.05, 4.69) is 33.1 Å². The Morgan fingerprint density at radius 2 is 1.93 bits per heavy atom. The predicted octanol–water partition coefficient (Wildman–Crippen LogP) is 3.68. The second-order valence-corrected chi connectivity index (χ2v) is 8.70. The highest BCUT2D eigenvalue weighted by Crippen LogP contribution is 2.20. The van der Waals surface area contributed by atoms with Gasteiger partial charge in [0.25, 0.3) is 0 Å². The Morgan fingerprint density at radius 1 is 1.36 bits per heavy atom. The molecule has 0 bridgehead atoms. The molecule has 82 valence electrons. The summed E-state index contributed by atoms with van der Waals surface area (Å²) in [6.07, 6.45) is 3.76. The molecule has 14 heavy (non-hydrogen) atoms. The van der Waals surface area contributed by atoms with E-state index in [1.807, 2.05) is 0 Å². The summed E-state index contributed by atoms with van der Waals surface area (Å²) in [5, 5.41) is 0. The average molecular weight is 214 g/mol. The van der Waals surface area contributed by atoms with Crippen LogP contribution in [0.4, 0.5) is 0 Å². The summed E-state index contributed by atoms with van der Waals surface area (Å²) >= 11 is 0. The van der Waals surface area contributed by atoms with Gasteiger partial charge in [-0.2, -0.15) is 0 Å². The molecule has 0 saturated heterocycles. The molecule has 0 unspecified atom stereocenters. The molecule has 0 aromatic carbocycles. The zero-order chi connectivity index (χ0) is 11.2. The van der Waals surface area contributed by atoms with E-state index in [4.69, 9.17) is 9.16 Å².